The number of anilines is 3. The highest BCUT2D eigenvalue weighted by molar-refractivity contribution is 5.68. The van der Waals surface area contributed by atoms with Crippen molar-refractivity contribution in [3.8, 4) is 0 Å². The summed E-state index contributed by atoms with van der Waals surface area (Å²) in [7, 11) is 1.83. The van der Waals surface area contributed by atoms with Gasteiger partial charge in [-0.3, -0.25) is 9.48 Å². The van der Waals surface area contributed by atoms with Crippen LogP contribution in [0.25, 0.3) is 0 Å². The number of nitrogen functional groups attached to an aromatic ring is 1. The van der Waals surface area contributed by atoms with E-state index in [1.807, 2.05) is 20.2 Å². The first kappa shape index (κ1) is 11.2. The normalized spacial score (nSPS) is 10.5. The average Bonchev–Trinajstić information content (AvgIpc) is 2.65. The minimum atomic E-state index is -0.357. The van der Waals surface area contributed by atoms with E-state index in [0.717, 1.165) is 17.8 Å². The first-order valence-electron chi connectivity index (χ1n) is 5.24. The minimum Gasteiger partial charge on any atom is -0.391 e. The summed E-state index contributed by atoms with van der Waals surface area (Å²) in [6, 6.07) is 0. The Morgan fingerprint density at radius 1 is 1.59 bits per heavy atom. The zero-order chi connectivity index (χ0) is 12.4. The molecule has 0 radical (unpaired) electrons. The third kappa shape index (κ3) is 2.12. The van der Waals surface area contributed by atoms with Gasteiger partial charge in [-0.2, -0.15) is 5.10 Å². The molecule has 0 aliphatic heterocycles. The molecule has 0 fully saturated rings. The van der Waals surface area contributed by atoms with Gasteiger partial charge in [0, 0.05) is 13.2 Å². The lowest BCUT2D eigenvalue weighted by atomic mass is 10.3. The molecule has 0 aromatic carbocycles. The van der Waals surface area contributed by atoms with Crippen molar-refractivity contribution in [1.82, 2.24) is 19.7 Å². The molecule has 0 bridgehead atoms. The van der Waals surface area contributed by atoms with Gasteiger partial charge in [0.2, 0.25) is 0 Å². The molecular weight excluding hydrogens is 220 g/mol. The van der Waals surface area contributed by atoms with Gasteiger partial charge in [0.15, 0.2) is 5.82 Å². The van der Waals surface area contributed by atoms with Gasteiger partial charge in [0.05, 0.1) is 17.7 Å². The van der Waals surface area contributed by atoms with Gasteiger partial charge in [0.1, 0.15) is 5.69 Å². The number of rotatable bonds is 3. The fraction of sp³-hybridized carbons (Fsp3) is 0.300. The van der Waals surface area contributed by atoms with Crippen molar-refractivity contribution in [3.63, 3.8) is 0 Å². The Labute approximate surface area is 97.7 Å². The van der Waals surface area contributed by atoms with Crippen molar-refractivity contribution in [2.75, 3.05) is 11.1 Å². The van der Waals surface area contributed by atoms with Crippen LogP contribution in [-0.2, 0) is 13.5 Å². The molecule has 0 saturated carbocycles. The van der Waals surface area contributed by atoms with Crippen LogP contribution in [-0.4, -0.2) is 19.7 Å². The van der Waals surface area contributed by atoms with E-state index < -0.39 is 0 Å². The van der Waals surface area contributed by atoms with Crippen LogP contribution >= 0.6 is 0 Å². The highest BCUT2D eigenvalue weighted by Crippen LogP contribution is 2.20. The van der Waals surface area contributed by atoms with Crippen molar-refractivity contribution >= 4 is 17.2 Å². The van der Waals surface area contributed by atoms with Crippen molar-refractivity contribution in [3.05, 3.63) is 28.6 Å². The monoisotopic (exact) mass is 234 g/mol. The molecule has 0 atom stereocenters. The molecule has 0 unspecified atom stereocenters. The second kappa shape index (κ2) is 4.28. The van der Waals surface area contributed by atoms with Gasteiger partial charge in [-0.1, -0.05) is 6.92 Å². The Hall–Kier alpha value is -2.31. The average molecular weight is 234 g/mol. The number of nitrogens with one attached hydrogen (secondary N) is 2. The number of aryl methyl sites for hydroxylation is 2. The summed E-state index contributed by atoms with van der Waals surface area (Å²) in [4.78, 5) is 17.7. The lowest BCUT2D eigenvalue weighted by Crippen LogP contribution is -2.14. The molecule has 7 heteroatoms. The number of hydrogen-bond donors (Lipinski definition) is 3. The fourth-order valence-corrected chi connectivity index (χ4v) is 1.54. The Balaban J connectivity index is 2.37. The molecule has 0 saturated heterocycles. The van der Waals surface area contributed by atoms with Crippen LogP contribution in [0.1, 0.15) is 12.6 Å². The minimum absolute atomic E-state index is 0.0680. The van der Waals surface area contributed by atoms with Gasteiger partial charge in [0.25, 0.3) is 5.56 Å². The summed E-state index contributed by atoms with van der Waals surface area (Å²) in [5.41, 5.74) is 7.05. The first-order chi connectivity index (χ1) is 8.11. The number of hydrogen-bond acceptors (Lipinski definition) is 5. The lowest BCUT2D eigenvalue weighted by Gasteiger charge is -2.05. The number of nitrogens with two attached hydrogens (primary N) is 1. The SMILES string of the molecule is CCc1nn(C)cc1Nc1nc[nH]c(=O)c1N. The standard InChI is InChI=1S/C10H14N6O/c1-3-6-7(4-16(2)15-6)14-9-8(11)10(17)13-5-12-9/h4-5H,3,11H2,1-2H3,(H2,12,13,14,17). The largest absolute Gasteiger partial charge is 0.391 e. The third-order valence-electron chi connectivity index (χ3n) is 2.38. The second-order valence-electron chi connectivity index (χ2n) is 3.64. The maximum Gasteiger partial charge on any atom is 0.276 e. The van der Waals surface area contributed by atoms with Gasteiger partial charge in [-0.25, -0.2) is 4.98 Å². The highest BCUT2D eigenvalue weighted by atomic mass is 16.1. The van der Waals surface area contributed by atoms with E-state index >= 15 is 0 Å². The van der Waals surface area contributed by atoms with Crippen LogP contribution in [0.2, 0.25) is 0 Å². The quantitative estimate of drug-likeness (QED) is 0.713. The van der Waals surface area contributed by atoms with E-state index in [-0.39, 0.29) is 11.2 Å². The summed E-state index contributed by atoms with van der Waals surface area (Å²) < 4.78 is 1.70. The topological polar surface area (TPSA) is 102 Å². The van der Waals surface area contributed by atoms with Crippen LogP contribution in [0.4, 0.5) is 17.2 Å². The van der Waals surface area contributed by atoms with Crippen LogP contribution < -0.4 is 16.6 Å². The maximum atomic E-state index is 11.3. The molecular formula is C10H14N6O. The third-order valence-corrected chi connectivity index (χ3v) is 2.38. The predicted octanol–water partition coefficient (Wildman–Crippen LogP) is 0.392. The number of H-pyrrole nitrogens is 1. The smallest absolute Gasteiger partial charge is 0.276 e. The van der Waals surface area contributed by atoms with E-state index in [1.54, 1.807) is 4.68 Å². The first-order valence-corrected chi connectivity index (χ1v) is 5.24. The van der Waals surface area contributed by atoms with E-state index in [0.29, 0.717) is 5.82 Å². The summed E-state index contributed by atoms with van der Waals surface area (Å²) in [5.74, 6) is 0.344. The van der Waals surface area contributed by atoms with Crippen molar-refractivity contribution in [2.24, 2.45) is 7.05 Å². The Kier molecular flexibility index (Phi) is 2.82. The summed E-state index contributed by atoms with van der Waals surface area (Å²) in [6.45, 7) is 2.00. The molecule has 2 aromatic heterocycles. The molecule has 4 N–H and O–H groups in total. The van der Waals surface area contributed by atoms with Crippen LogP contribution in [0.3, 0.4) is 0 Å². The molecule has 0 amide bonds. The molecule has 2 rings (SSSR count). The molecule has 90 valence electrons. The van der Waals surface area contributed by atoms with Crippen molar-refractivity contribution < 1.29 is 0 Å². The van der Waals surface area contributed by atoms with Crippen molar-refractivity contribution in [1.29, 1.82) is 0 Å². The summed E-state index contributed by atoms with van der Waals surface area (Å²) in [6.07, 6.45) is 3.91. The van der Waals surface area contributed by atoms with Crippen LogP contribution in [0, 0.1) is 0 Å². The van der Waals surface area contributed by atoms with Crippen LogP contribution in [0.5, 0.6) is 0 Å². The lowest BCUT2D eigenvalue weighted by molar-refractivity contribution is 0.746. The number of aromatic amines is 1. The highest BCUT2D eigenvalue weighted by Gasteiger charge is 2.09. The van der Waals surface area contributed by atoms with Crippen LogP contribution in [0.15, 0.2) is 17.3 Å². The van der Waals surface area contributed by atoms with Gasteiger partial charge >= 0.3 is 0 Å². The zero-order valence-corrected chi connectivity index (χ0v) is 9.69. The Morgan fingerprint density at radius 2 is 2.35 bits per heavy atom. The van der Waals surface area contributed by atoms with E-state index in [1.165, 1.54) is 6.33 Å². The van der Waals surface area contributed by atoms with Gasteiger partial charge in [-0.05, 0) is 6.42 Å². The van der Waals surface area contributed by atoms with Crippen molar-refractivity contribution in [2.45, 2.75) is 13.3 Å². The molecule has 2 aromatic rings. The van der Waals surface area contributed by atoms with E-state index in [9.17, 15) is 4.79 Å². The van der Waals surface area contributed by atoms with E-state index in [2.05, 4.69) is 20.4 Å². The fourth-order valence-electron chi connectivity index (χ4n) is 1.54. The molecule has 17 heavy (non-hydrogen) atoms. The Bertz CT molecular complexity index is 585. The zero-order valence-electron chi connectivity index (χ0n) is 9.69. The predicted molar refractivity (Wildman–Crippen MR) is 65.1 cm³/mol. The van der Waals surface area contributed by atoms with E-state index in [4.69, 9.17) is 5.73 Å². The number of nitrogens with zero attached hydrogens (tertiary/aromatic N) is 3. The second-order valence-corrected chi connectivity index (χ2v) is 3.64. The summed E-state index contributed by atoms with van der Waals surface area (Å²) >= 11 is 0. The number of aromatic nitrogens is 4. The molecule has 7 nitrogen and oxygen atoms in total. The molecule has 0 aliphatic rings. The summed E-state index contributed by atoms with van der Waals surface area (Å²) in [5, 5.41) is 7.29. The molecule has 2 heterocycles. The Morgan fingerprint density at radius 3 is 3.06 bits per heavy atom. The molecule has 0 spiro atoms. The van der Waals surface area contributed by atoms with Gasteiger partial charge in [-0.15, -0.1) is 0 Å². The maximum absolute atomic E-state index is 11.3. The van der Waals surface area contributed by atoms with Gasteiger partial charge < -0.3 is 16.0 Å². The molecule has 0 aliphatic carbocycles.